The fourth-order valence-electron chi connectivity index (χ4n) is 3.65. The van der Waals surface area contributed by atoms with Crippen molar-refractivity contribution in [3.8, 4) is 17.0 Å². The fraction of sp³-hybridized carbons (Fsp3) is 0.350. The molecule has 1 amide bonds. The van der Waals surface area contributed by atoms with E-state index in [2.05, 4.69) is 15.3 Å². The number of hydrogen-bond acceptors (Lipinski definition) is 4. The second-order valence-corrected chi connectivity index (χ2v) is 6.92. The van der Waals surface area contributed by atoms with Gasteiger partial charge in [-0.05, 0) is 62.1 Å². The highest BCUT2D eigenvalue weighted by molar-refractivity contribution is 5.93. The number of rotatable bonds is 5. The number of benzene rings is 1. The number of phenols is 1. The van der Waals surface area contributed by atoms with E-state index in [1.807, 2.05) is 21.8 Å². The summed E-state index contributed by atoms with van der Waals surface area (Å²) in [6.07, 6.45) is 7.82. The molecule has 3 heterocycles. The molecule has 1 aromatic carbocycles. The number of aromatic amines is 1. The Morgan fingerprint density at radius 1 is 1.26 bits per heavy atom. The van der Waals surface area contributed by atoms with Crippen LogP contribution >= 0.6 is 0 Å². The van der Waals surface area contributed by atoms with Gasteiger partial charge in [-0.3, -0.25) is 14.6 Å². The van der Waals surface area contributed by atoms with Gasteiger partial charge in [-0.2, -0.15) is 10.2 Å². The SMILES string of the molecule is O=C(c1cc(-c2ccc(O)cc2)n[nH]1)N1CCCC[C@@H]1CCn1cccn1. The summed E-state index contributed by atoms with van der Waals surface area (Å²) in [7, 11) is 0. The molecule has 0 spiro atoms. The van der Waals surface area contributed by atoms with E-state index in [0.717, 1.165) is 44.3 Å². The minimum atomic E-state index is -0.00214. The lowest BCUT2D eigenvalue weighted by atomic mass is 9.98. The second kappa shape index (κ2) is 7.65. The number of amides is 1. The predicted octanol–water partition coefficient (Wildman–Crippen LogP) is 3.06. The molecule has 1 aliphatic rings. The number of aryl methyl sites for hydroxylation is 1. The van der Waals surface area contributed by atoms with Crippen molar-refractivity contribution in [1.82, 2.24) is 24.9 Å². The Bertz CT molecular complexity index is 886. The Kier molecular flexibility index (Phi) is 4.91. The first kappa shape index (κ1) is 17.3. The largest absolute Gasteiger partial charge is 0.508 e. The molecule has 1 aliphatic heterocycles. The third kappa shape index (κ3) is 3.86. The molecule has 1 atom stereocenters. The number of aromatic nitrogens is 4. The normalized spacial score (nSPS) is 17.2. The Morgan fingerprint density at radius 3 is 2.89 bits per heavy atom. The van der Waals surface area contributed by atoms with Crippen LogP contribution in [0.25, 0.3) is 11.3 Å². The molecule has 0 bridgehead atoms. The van der Waals surface area contributed by atoms with Crippen molar-refractivity contribution in [2.45, 2.75) is 38.3 Å². The summed E-state index contributed by atoms with van der Waals surface area (Å²) in [5.41, 5.74) is 2.06. The van der Waals surface area contributed by atoms with E-state index in [9.17, 15) is 9.90 Å². The molecule has 0 aliphatic carbocycles. The molecule has 7 nitrogen and oxygen atoms in total. The molecule has 140 valence electrons. The van der Waals surface area contributed by atoms with Crippen LogP contribution in [-0.2, 0) is 6.54 Å². The van der Waals surface area contributed by atoms with Crippen molar-refractivity contribution in [3.63, 3.8) is 0 Å². The predicted molar refractivity (Wildman–Crippen MR) is 101 cm³/mol. The van der Waals surface area contributed by atoms with Gasteiger partial charge in [0.2, 0.25) is 0 Å². The minimum absolute atomic E-state index is 0.00214. The molecule has 0 saturated carbocycles. The van der Waals surface area contributed by atoms with E-state index in [1.165, 1.54) is 0 Å². The average molecular weight is 365 g/mol. The van der Waals surface area contributed by atoms with Gasteiger partial charge in [0, 0.05) is 37.1 Å². The zero-order valence-corrected chi connectivity index (χ0v) is 15.1. The summed E-state index contributed by atoms with van der Waals surface area (Å²) in [5, 5.41) is 20.8. The van der Waals surface area contributed by atoms with Gasteiger partial charge in [0.15, 0.2) is 0 Å². The smallest absolute Gasteiger partial charge is 0.272 e. The van der Waals surface area contributed by atoms with Crippen LogP contribution in [-0.4, -0.2) is 48.5 Å². The minimum Gasteiger partial charge on any atom is -0.508 e. The number of nitrogens with one attached hydrogen (secondary N) is 1. The Hall–Kier alpha value is -3.09. The third-order valence-electron chi connectivity index (χ3n) is 5.11. The lowest BCUT2D eigenvalue weighted by Gasteiger charge is -2.35. The molecule has 0 radical (unpaired) electrons. The van der Waals surface area contributed by atoms with Crippen molar-refractivity contribution in [2.24, 2.45) is 0 Å². The van der Waals surface area contributed by atoms with Gasteiger partial charge in [0.25, 0.3) is 5.91 Å². The number of likely N-dealkylation sites (tertiary alicyclic amines) is 1. The van der Waals surface area contributed by atoms with E-state index in [0.29, 0.717) is 11.4 Å². The van der Waals surface area contributed by atoms with Crippen LogP contribution < -0.4 is 0 Å². The molecule has 1 fully saturated rings. The molecule has 2 aromatic heterocycles. The second-order valence-electron chi connectivity index (χ2n) is 6.92. The van der Waals surface area contributed by atoms with Crippen LogP contribution in [0.4, 0.5) is 0 Å². The average Bonchev–Trinajstić information content (AvgIpc) is 3.39. The zero-order chi connectivity index (χ0) is 18.6. The van der Waals surface area contributed by atoms with Crippen LogP contribution in [0, 0.1) is 0 Å². The van der Waals surface area contributed by atoms with Crippen molar-refractivity contribution >= 4 is 5.91 Å². The van der Waals surface area contributed by atoms with Gasteiger partial charge in [0.1, 0.15) is 11.4 Å². The zero-order valence-electron chi connectivity index (χ0n) is 15.1. The summed E-state index contributed by atoms with van der Waals surface area (Å²) in [4.78, 5) is 15.0. The van der Waals surface area contributed by atoms with E-state index in [4.69, 9.17) is 0 Å². The maximum absolute atomic E-state index is 13.1. The van der Waals surface area contributed by atoms with Crippen molar-refractivity contribution < 1.29 is 9.90 Å². The van der Waals surface area contributed by atoms with E-state index in [-0.39, 0.29) is 17.7 Å². The first-order valence-corrected chi connectivity index (χ1v) is 9.34. The Labute approximate surface area is 157 Å². The summed E-state index contributed by atoms with van der Waals surface area (Å²) in [5.74, 6) is 0.205. The molecular formula is C20H23N5O2. The molecular weight excluding hydrogens is 342 g/mol. The number of H-pyrrole nitrogens is 1. The van der Waals surface area contributed by atoms with E-state index in [1.54, 1.807) is 36.5 Å². The number of hydrogen-bond donors (Lipinski definition) is 2. The molecule has 7 heteroatoms. The number of piperidine rings is 1. The van der Waals surface area contributed by atoms with Crippen LogP contribution in [0.3, 0.4) is 0 Å². The Morgan fingerprint density at radius 2 is 2.11 bits per heavy atom. The van der Waals surface area contributed by atoms with Crippen LogP contribution in [0.2, 0.25) is 0 Å². The lowest BCUT2D eigenvalue weighted by molar-refractivity contribution is 0.0588. The maximum Gasteiger partial charge on any atom is 0.272 e. The lowest BCUT2D eigenvalue weighted by Crippen LogP contribution is -2.44. The number of carbonyl (C=O) groups excluding carboxylic acids is 1. The quantitative estimate of drug-likeness (QED) is 0.727. The first-order valence-electron chi connectivity index (χ1n) is 9.34. The summed E-state index contributed by atoms with van der Waals surface area (Å²) >= 11 is 0. The first-order chi connectivity index (χ1) is 13.2. The van der Waals surface area contributed by atoms with Gasteiger partial charge < -0.3 is 10.0 Å². The van der Waals surface area contributed by atoms with Crippen molar-refractivity contribution in [2.75, 3.05) is 6.54 Å². The molecule has 2 N–H and O–H groups in total. The number of nitrogens with zero attached hydrogens (tertiary/aromatic N) is 4. The summed E-state index contributed by atoms with van der Waals surface area (Å²) in [6.45, 7) is 1.58. The fourth-order valence-corrected chi connectivity index (χ4v) is 3.65. The van der Waals surface area contributed by atoms with Gasteiger partial charge in [0.05, 0.1) is 5.69 Å². The van der Waals surface area contributed by atoms with Crippen molar-refractivity contribution in [1.29, 1.82) is 0 Å². The molecule has 4 rings (SSSR count). The monoisotopic (exact) mass is 365 g/mol. The van der Waals surface area contributed by atoms with Gasteiger partial charge >= 0.3 is 0 Å². The highest BCUT2D eigenvalue weighted by atomic mass is 16.3. The number of aromatic hydroxyl groups is 1. The van der Waals surface area contributed by atoms with Gasteiger partial charge in [-0.15, -0.1) is 0 Å². The standard InChI is InChI=1S/C20H23N5O2/c26-17-7-5-15(6-8-17)18-14-19(23-22-18)20(27)25-12-2-1-4-16(25)9-13-24-11-3-10-21-24/h3,5-8,10-11,14,16,26H,1-2,4,9,12-13H2,(H,22,23)/t16-/m1/s1. The van der Waals surface area contributed by atoms with Crippen LogP contribution in [0.5, 0.6) is 5.75 Å². The maximum atomic E-state index is 13.1. The van der Waals surface area contributed by atoms with Crippen LogP contribution in [0.15, 0.2) is 48.8 Å². The Balaban J connectivity index is 1.47. The van der Waals surface area contributed by atoms with E-state index < -0.39 is 0 Å². The topological polar surface area (TPSA) is 87.0 Å². The highest BCUT2D eigenvalue weighted by Crippen LogP contribution is 2.24. The molecule has 27 heavy (non-hydrogen) atoms. The van der Waals surface area contributed by atoms with Gasteiger partial charge in [-0.1, -0.05) is 0 Å². The number of carbonyl (C=O) groups is 1. The van der Waals surface area contributed by atoms with E-state index >= 15 is 0 Å². The third-order valence-corrected chi connectivity index (χ3v) is 5.11. The summed E-state index contributed by atoms with van der Waals surface area (Å²) < 4.78 is 1.91. The van der Waals surface area contributed by atoms with Gasteiger partial charge in [-0.25, -0.2) is 0 Å². The van der Waals surface area contributed by atoms with Crippen LogP contribution in [0.1, 0.15) is 36.2 Å². The van der Waals surface area contributed by atoms with Crippen molar-refractivity contribution in [3.05, 3.63) is 54.5 Å². The number of phenolic OH excluding ortho intramolecular Hbond substituents is 1. The molecule has 0 unspecified atom stereocenters. The highest BCUT2D eigenvalue weighted by Gasteiger charge is 2.28. The molecule has 3 aromatic rings. The summed E-state index contributed by atoms with van der Waals surface area (Å²) in [6, 6.07) is 10.7. The molecule has 1 saturated heterocycles.